The van der Waals surface area contributed by atoms with Crippen molar-refractivity contribution in [2.75, 3.05) is 7.11 Å². The van der Waals surface area contributed by atoms with Gasteiger partial charge < -0.3 is 19.7 Å². The Hall–Kier alpha value is -3.91. The predicted molar refractivity (Wildman–Crippen MR) is 127 cm³/mol. The first-order valence-electron chi connectivity index (χ1n) is 10.3. The van der Waals surface area contributed by atoms with Crippen molar-refractivity contribution >= 4 is 28.4 Å². The normalized spacial score (nSPS) is 10.9. The van der Waals surface area contributed by atoms with Gasteiger partial charge in [0.2, 0.25) is 5.88 Å². The van der Waals surface area contributed by atoms with Crippen LogP contribution in [0.5, 0.6) is 11.6 Å². The van der Waals surface area contributed by atoms with E-state index in [0.717, 1.165) is 5.56 Å². The molecule has 0 fully saturated rings. The number of pyridine rings is 2. The molecular weight excluding hydrogens is 461 g/mol. The fourth-order valence-corrected chi connectivity index (χ4v) is 3.82. The number of benzene rings is 2. The van der Waals surface area contributed by atoms with Crippen LogP contribution in [0.2, 0.25) is 5.02 Å². The van der Waals surface area contributed by atoms with E-state index in [9.17, 15) is 19.1 Å². The third kappa shape index (κ3) is 4.58. The van der Waals surface area contributed by atoms with E-state index in [1.807, 2.05) is 0 Å². The number of hydrogen-bond donors (Lipinski definition) is 2. The summed E-state index contributed by atoms with van der Waals surface area (Å²) in [7, 11) is 3.09. The fourth-order valence-electron chi connectivity index (χ4n) is 3.70. The van der Waals surface area contributed by atoms with Crippen LogP contribution in [0.15, 0.2) is 59.5 Å². The standard InChI is InChI=1S/C25H21ClFN3O4/c1-30-21-6-4-16(24(32)29-13-15-7-8-28-22(11-15)34-2)12-17(21)23(31)18(25(30)33)9-14-3-5-19(26)20(27)10-14/h3-8,10-12,31H,9,13H2,1-2H3,(H,29,32). The number of rotatable bonds is 6. The van der Waals surface area contributed by atoms with Gasteiger partial charge in [0.15, 0.2) is 0 Å². The third-order valence-corrected chi connectivity index (χ3v) is 5.86. The molecule has 2 aromatic heterocycles. The Morgan fingerprint density at radius 2 is 1.97 bits per heavy atom. The molecule has 0 bridgehead atoms. The van der Waals surface area contributed by atoms with Gasteiger partial charge in [0.1, 0.15) is 11.6 Å². The number of aromatic nitrogens is 2. The highest BCUT2D eigenvalue weighted by Gasteiger charge is 2.18. The van der Waals surface area contributed by atoms with Crippen LogP contribution in [0.3, 0.4) is 0 Å². The van der Waals surface area contributed by atoms with Crippen LogP contribution in [-0.4, -0.2) is 27.7 Å². The molecule has 7 nitrogen and oxygen atoms in total. The number of nitrogens with zero attached hydrogens (tertiary/aromatic N) is 2. The van der Waals surface area contributed by atoms with E-state index < -0.39 is 11.4 Å². The van der Waals surface area contributed by atoms with Gasteiger partial charge in [-0.15, -0.1) is 0 Å². The second kappa shape index (κ2) is 9.52. The zero-order valence-corrected chi connectivity index (χ0v) is 19.2. The molecular formula is C25H21ClFN3O4. The summed E-state index contributed by atoms with van der Waals surface area (Å²) in [6, 6.07) is 12.4. The van der Waals surface area contributed by atoms with Gasteiger partial charge in [0.25, 0.3) is 11.5 Å². The Bertz CT molecular complexity index is 1470. The highest BCUT2D eigenvalue weighted by Crippen LogP contribution is 2.29. The smallest absolute Gasteiger partial charge is 0.258 e. The predicted octanol–water partition coefficient (Wildman–Crippen LogP) is 3.96. The van der Waals surface area contributed by atoms with E-state index in [4.69, 9.17) is 16.3 Å². The van der Waals surface area contributed by atoms with Gasteiger partial charge in [-0.05, 0) is 47.5 Å². The number of halogens is 2. The average molecular weight is 482 g/mol. The first-order chi connectivity index (χ1) is 16.3. The lowest BCUT2D eigenvalue weighted by Gasteiger charge is -2.13. The molecule has 0 atom stereocenters. The highest BCUT2D eigenvalue weighted by molar-refractivity contribution is 6.30. The van der Waals surface area contributed by atoms with Gasteiger partial charge >= 0.3 is 0 Å². The van der Waals surface area contributed by atoms with E-state index >= 15 is 0 Å². The molecule has 0 saturated heterocycles. The van der Waals surface area contributed by atoms with Gasteiger partial charge in [0, 0.05) is 43.2 Å². The van der Waals surface area contributed by atoms with Crippen molar-refractivity contribution in [3.8, 4) is 11.6 Å². The number of fused-ring (bicyclic) bond motifs is 1. The molecule has 0 aliphatic carbocycles. The van der Waals surface area contributed by atoms with Crippen LogP contribution in [-0.2, 0) is 20.0 Å². The monoisotopic (exact) mass is 481 g/mol. The number of aromatic hydroxyl groups is 1. The van der Waals surface area contributed by atoms with Gasteiger partial charge in [-0.3, -0.25) is 9.59 Å². The molecule has 2 heterocycles. The fraction of sp³-hybridized carbons (Fsp3) is 0.160. The minimum atomic E-state index is -0.609. The summed E-state index contributed by atoms with van der Waals surface area (Å²) >= 11 is 5.74. The Morgan fingerprint density at radius 1 is 1.18 bits per heavy atom. The van der Waals surface area contributed by atoms with E-state index in [-0.39, 0.29) is 35.2 Å². The maximum Gasteiger partial charge on any atom is 0.258 e. The van der Waals surface area contributed by atoms with Crippen molar-refractivity contribution in [3.05, 3.63) is 98.2 Å². The van der Waals surface area contributed by atoms with Crippen LogP contribution in [0.4, 0.5) is 4.39 Å². The van der Waals surface area contributed by atoms with Crippen molar-refractivity contribution < 1.29 is 19.0 Å². The zero-order valence-electron chi connectivity index (χ0n) is 18.4. The number of hydrogen-bond acceptors (Lipinski definition) is 5. The first kappa shape index (κ1) is 23.3. The summed E-state index contributed by atoms with van der Waals surface area (Å²) in [6.45, 7) is 0.252. The molecule has 174 valence electrons. The van der Waals surface area contributed by atoms with Gasteiger partial charge in [0.05, 0.1) is 23.2 Å². The quantitative estimate of drug-likeness (QED) is 0.435. The molecule has 2 N–H and O–H groups in total. The average Bonchev–Trinajstić information content (AvgIpc) is 2.85. The molecule has 2 aromatic carbocycles. The molecule has 0 aliphatic rings. The minimum Gasteiger partial charge on any atom is -0.507 e. The van der Waals surface area contributed by atoms with Crippen molar-refractivity contribution in [1.29, 1.82) is 0 Å². The third-order valence-electron chi connectivity index (χ3n) is 5.55. The van der Waals surface area contributed by atoms with E-state index in [1.165, 1.54) is 29.9 Å². The second-order valence-corrected chi connectivity index (χ2v) is 8.14. The van der Waals surface area contributed by atoms with Crippen molar-refractivity contribution in [1.82, 2.24) is 14.9 Å². The van der Waals surface area contributed by atoms with Crippen LogP contribution < -0.4 is 15.6 Å². The van der Waals surface area contributed by atoms with Crippen molar-refractivity contribution in [2.45, 2.75) is 13.0 Å². The molecule has 0 unspecified atom stereocenters. The molecule has 0 spiro atoms. The molecule has 4 aromatic rings. The number of methoxy groups -OCH3 is 1. The Kier molecular flexibility index (Phi) is 6.51. The van der Waals surface area contributed by atoms with Crippen molar-refractivity contribution in [3.63, 3.8) is 0 Å². The second-order valence-electron chi connectivity index (χ2n) is 7.74. The first-order valence-corrected chi connectivity index (χ1v) is 10.7. The lowest BCUT2D eigenvalue weighted by molar-refractivity contribution is 0.0951. The van der Waals surface area contributed by atoms with Crippen LogP contribution in [0.1, 0.15) is 27.0 Å². The molecule has 34 heavy (non-hydrogen) atoms. The Labute approximate surface area is 199 Å². The van der Waals surface area contributed by atoms with Crippen molar-refractivity contribution in [2.24, 2.45) is 7.05 Å². The summed E-state index contributed by atoms with van der Waals surface area (Å²) in [5.41, 5.74) is 1.75. The summed E-state index contributed by atoms with van der Waals surface area (Å²) in [4.78, 5) is 29.7. The maximum atomic E-state index is 13.9. The number of aryl methyl sites for hydroxylation is 1. The summed E-state index contributed by atoms with van der Waals surface area (Å²) in [5, 5.41) is 14.1. The molecule has 0 radical (unpaired) electrons. The molecule has 0 aliphatic heterocycles. The lowest BCUT2D eigenvalue weighted by atomic mass is 10.0. The van der Waals surface area contributed by atoms with Crippen LogP contribution in [0, 0.1) is 5.82 Å². The Balaban J connectivity index is 1.65. The summed E-state index contributed by atoms with van der Waals surface area (Å²) < 4.78 is 20.3. The van der Waals surface area contributed by atoms with Gasteiger partial charge in [-0.2, -0.15) is 0 Å². The van der Waals surface area contributed by atoms with Gasteiger partial charge in [-0.25, -0.2) is 9.37 Å². The number of ether oxygens (including phenoxy) is 1. The number of carbonyl (C=O) groups excluding carboxylic acids is 1. The number of nitrogens with one attached hydrogen (secondary N) is 1. The Morgan fingerprint density at radius 3 is 2.71 bits per heavy atom. The molecule has 0 saturated carbocycles. The largest absolute Gasteiger partial charge is 0.507 e. The van der Waals surface area contributed by atoms with Crippen LogP contribution in [0.25, 0.3) is 10.9 Å². The van der Waals surface area contributed by atoms with E-state index in [1.54, 1.807) is 43.6 Å². The number of amides is 1. The SMILES string of the molecule is COc1cc(CNC(=O)c2ccc3c(c2)c(O)c(Cc2ccc(Cl)c(F)c2)c(=O)n3C)ccn1. The maximum absolute atomic E-state index is 13.9. The lowest BCUT2D eigenvalue weighted by Crippen LogP contribution is -2.24. The zero-order chi connectivity index (χ0) is 24.4. The number of carbonyl (C=O) groups is 1. The topological polar surface area (TPSA) is 93.5 Å². The minimum absolute atomic E-state index is 0.00281. The molecule has 9 heteroatoms. The highest BCUT2D eigenvalue weighted by atomic mass is 35.5. The molecule has 4 rings (SSSR count). The van der Waals surface area contributed by atoms with E-state index in [2.05, 4.69) is 10.3 Å². The van der Waals surface area contributed by atoms with Gasteiger partial charge in [-0.1, -0.05) is 17.7 Å². The summed E-state index contributed by atoms with van der Waals surface area (Å²) in [6.07, 6.45) is 1.59. The summed E-state index contributed by atoms with van der Waals surface area (Å²) in [5.74, 6) is -0.771. The van der Waals surface area contributed by atoms with Crippen LogP contribution >= 0.6 is 11.6 Å². The molecule has 1 amide bonds. The van der Waals surface area contributed by atoms with E-state index in [0.29, 0.717) is 27.9 Å².